The Hall–Kier alpha value is -6.71. The number of nitrogen functional groups attached to an aromatic ring is 1. The maximum atomic E-state index is 11.3. The first kappa shape index (κ1) is 37.8. The number of nitrogens with one attached hydrogen (secondary N) is 1. The van der Waals surface area contributed by atoms with Gasteiger partial charge in [0.25, 0.3) is 0 Å². The number of ether oxygens (including phenoxy) is 4. The van der Waals surface area contributed by atoms with Crippen molar-refractivity contribution in [2.45, 2.75) is 58.7 Å². The predicted octanol–water partition coefficient (Wildman–Crippen LogP) is 10.1. The number of benzene rings is 4. The first-order chi connectivity index (χ1) is 28.3. The highest BCUT2D eigenvalue weighted by molar-refractivity contribution is 7.22. The van der Waals surface area contributed by atoms with E-state index in [0.717, 1.165) is 61.8 Å². The van der Waals surface area contributed by atoms with Gasteiger partial charge in [-0.15, -0.1) is 0 Å². The number of hydrogen-bond acceptors (Lipinski definition) is 14. The second kappa shape index (κ2) is 14.9. The molecule has 0 unspecified atom stereocenters. The molecule has 0 bridgehead atoms. The maximum absolute atomic E-state index is 11.3. The first-order valence-corrected chi connectivity index (χ1v) is 20.4. The molecule has 59 heavy (non-hydrogen) atoms. The summed E-state index contributed by atoms with van der Waals surface area (Å²) in [5.41, 5.74) is 12.7. The Kier molecular flexibility index (Phi) is 9.56. The van der Waals surface area contributed by atoms with Crippen LogP contribution in [0.2, 0.25) is 0 Å². The zero-order chi connectivity index (χ0) is 40.9. The summed E-state index contributed by atoms with van der Waals surface area (Å²) in [7, 11) is 0. The molecule has 0 fully saturated rings. The molecule has 4 aromatic carbocycles. The quantitative estimate of drug-likeness (QED) is 0.156. The second-order valence-corrected chi connectivity index (χ2v) is 17.5. The predicted molar refractivity (Wildman–Crippen MR) is 230 cm³/mol. The van der Waals surface area contributed by atoms with E-state index in [9.17, 15) is 4.79 Å². The Morgan fingerprint density at radius 3 is 1.71 bits per heavy atom. The van der Waals surface area contributed by atoms with Gasteiger partial charge in [0.15, 0.2) is 21.8 Å². The van der Waals surface area contributed by atoms with E-state index in [-0.39, 0.29) is 17.1 Å². The van der Waals surface area contributed by atoms with Crippen molar-refractivity contribution in [2.24, 2.45) is 0 Å². The van der Waals surface area contributed by atoms with Crippen molar-refractivity contribution in [3.05, 3.63) is 109 Å². The number of aromatic nitrogens is 6. The first-order valence-electron chi connectivity index (χ1n) is 18.8. The summed E-state index contributed by atoms with van der Waals surface area (Å²) in [6.45, 7) is 9.81. The Morgan fingerprint density at radius 1 is 0.678 bits per heavy atom. The number of fused-ring (bicyclic) bond motifs is 4. The normalized spacial score (nSPS) is 14.4. The molecular formula is C44H38N8O5S2. The lowest BCUT2D eigenvalue weighted by molar-refractivity contribution is -0.114. The molecule has 2 aliphatic rings. The number of para-hydroxylation sites is 2. The van der Waals surface area contributed by atoms with Crippen LogP contribution < -0.4 is 30.0 Å². The highest BCUT2D eigenvalue weighted by atomic mass is 32.1. The SMILES string of the molecule is CC(=O)Nc1nc2c(Oc3cc(-c4ccc5c(c4)OC(C)(C)C5)ncn3)cccc2s1.CC1(C)Cc2ccc(-c3cc(Oc4cccc5sc(N)nc45)ncn3)cc2O1. The summed E-state index contributed by atoms with van der Waals surface area (Å²) in [6.07, 6.45) is 4.77. The average molecular weight is 823 g/mol. The lowest BCUT2D eigenvalue weighted by atomic mass is 10.0. The van der Waals surface area contributed by atoms with Gasteiger partial charge in [-0.25, -0.2) is 29.9 Å². The van der Waals surface area contributed by atoms with Gasteiger partial charge in [0.1, 0.15) is 46.4 Å². The minimum atomic E-state index is -0.191. The number of amides is 1. The highest BCUT2D eigenvalue weighted by Crippen LogP contribution is 2.40. The highest BCUT2D eigenvalue weighted by Gasteiger charge is 2.31. The van der Waals surface area contributed by atoms with Crippen molar-refractivity contribution >= 4 is 59.3 Å². The molecule has 8 aromatic rings. The van der Waals surface area contributed by atoms with E-state index in [1.165, 1.54) is 53.4 Å². The Bertz CT molecular complexity index is 2910. The molecule has 10 rings (SSSR count). The Morgan fingerprint density at radius 2 is 1.19 bits per heavy atom. The van der Waals surface area contributed by atoms with Gasteiger partial charge >= 0.3 is 0 Å². The summed E-state index contributed by atoms with van der Waals surface area (Å²) in [6, 6.07) is 27.3. The van der Waals surface area contributed by atoms with Crippen molar-refractivity contribution in [3.63, 3.8) is 0 Å². The number of anilines is 2. The third-order valence-electron chi connectivity index (χ3n) is 9.51. The molecule has 13 nitrogen and oxygen atoms in total. The van der Waals surface area contributed by atoms with Gasteiger partial charge in [0.2, 0.25) is 17.7 Å². The third kappa shape index (κ3) is 8.20. The summed E-state index contributed by atoms with van der Waals surface area (Å²) in [4.78, 5) is 37.5. The van der Waals surface area contributed by atoms with E-state index < -0.39 is 0 Å². The fourth-order valence-electron chi connectivity index (χ4n) is 7.06. The van der Waals surface area contributed by atoms with Crippen LogP contribution in [0.3, 0.4) is 0 Å². The van der Waals surface area contributed by atoms with Gasteiger partial charge in [-0.2, -0.15) is 0 Å². The Labute approximate surface area is 347 Å². The van der Waals surface area contributed by atoms with Crippen molar-refractivity contribution in [1.82, 2.24) is 29.9 Å². The average Bonchev–Trinajstić information content (AvgIpc) is 3.95. The molecule has 2 aliphatic heterocycles. The standard InChI is InChI=1S/C23H20N4O3S.C21H18N4O2S/c1-13(28)26-22-27-21-17(5-4-6-19(21)31-22)29-20-10-16(24-12-25-20)14-7-8-15-11-23(2,3)30-18(15)9-14;1-21(2)10-13-7-6-12(8-16(13)27-21)14-9-18(24-11-23-14)26-15-4-3-5-17-19(15)25-20(22)28-17/h4-10,12H,11H2,1-3H3,(H,26,27,28);3-9,11H,10H2,1-2H3,(H2,22,25). The van der Waals surface area contributed by atoms with Gasteiger partial charge in [-0.1, -0.05) is 59.1 Å². The summed E-state index contributed by atoms with van der Waals surface area (Å²) in [5, 5.41) is 3.76. The largest absolute Gasteiger partial charge is 0.487 e. The molecule has 0 aliphatic carbocycles. The molecular weight excluding hydrogens is 785 g/mol. The van der Waals surface area contributed by atoms with Gasteiger partial charge in [0.05, 0.1) is 20.8 Å². The lowest BCUT2D eigenvalue weighted by Crippen LogP contribution is -2.24. The second-order valence-electron chi connectivity index (χ2n) is 15.4. The van der Waals surface area contributed by atoms with Gasteiger partial charge in [-0.3, -0.25) is 4.79 Å². The van der Waals surface area contributed by atoms with Crippen molar-refractivity contribution in [1.29, 1.82) is 0 Å². The van der Waals surface area contributed by atoms with Crippen LogP contribution in [0.1, 0.15) is 45.7 Å². The Balaban J connectivity index is 0.000000153. The maximum Gasteiger partial charge on any atom is 0.223 e. The van der Waals surface area contributed by atoms with Crippen molar-refractivity contribution in [2.75, 3.05) is 11.1 Å². The van der Waals surface area contributed by atoms with Crippen LogP contribution in [-0.2, 0) is 17.6 Å². The van der Waals surface area contributed by atoms with Gasteiger partial charge in [0, 0.05) is 43.0 Å². The van der Waals surface area contributed by atoms with Crippen LogP contribution in [0, 0.1) is 0 Å². The van der Waals surface area contributed by atoms with Gasteiger partial charge in [-0.05, 0) is 75.2 Å². The number of carbonyl (C=O) groups is 1. The molecule has 0 radical (unpaired) electrons. The molecule has 1 amide bonds. The molecule has 0 atom stereocenters. The molecule has 0 spiro atoms. The molecule has 6 heterocycles. The van der Waals surface area contributed by atoms with E-state index >= 15 is 0 Å². The fraction of sp³-hybridized carbons (Fsp3) is 0.205. The lowest BCUT2D eigenvalue weighted by Gasteiger charge is -2.16. The van der Waals surface area contributed by atoms with E-state index in [1.54, 1.807) is 6.07 Å². The third-order valence-corrected chi connectivity index (χ3v) is 11.3. The van der Waals surface area contributed by atoms with E-state index in [4.69, 9.17) is 24.7 Å². The number of nitrogens with two attached hydrogens (primary N) is 1. The molecule has 0 saturated heterocycles. The number of hydrogen-bond donors (Lipinski definition) is 2. The zero-order valence-corrected chi connectivity index (χ0v) is 34.4. The number of nitrogens with zero attached hydrogens (tertiary/aromatic N) is 6. The minimum absolute atomic E-state index is 0.163. The van der Waals surface area contributed by atoms with Crippen LogP contribution >= 0.6 is 22.7 Å². The fourth-order valence-corrected chi connectivity index (χ4v) is 8.74. The molecule has 15 heteroatoms. The van der Waals surface area contributed by atoms with Crippen LogP contribution in [0.25, 0.3) is 42.9 Å². The monoisotopic (exact) mass is 822 g/mol. The molecule has 0 saturated carbocycles. The number of carbonyl (C=O) groups excluding carboxylic acids is 1. The van der Waals surface area contributed by atoms with Crippen LogP contribution in [0.5, 0.6) is 34.8 Å². The van der Waals surface area contributed by atoms with Crippen molar-refractivity contribution < 1.29 is 23.7 Å². The molecule has 3 N–H and O–H groups in total. The molecule has 4 aromatic heterocycles. The van der Waals surface area contributed by atoms with E-state index in [2.05, 4.69) is 81.1 Å². The van der Waals surface area contributed by atoms with Gasteiger partial charge < -0.3 is 30.0 Å². The summed E-state index contributed by atoms with van der Waals surface area (Å²) in [5.74, 6) is 3.68. The zero-order valence-electron chi connectivity index (χ0n) is 32.8. The summed E-state index contributed by atoms with van der Waals surface area (Å²) < 4.78 is 26.0. The smallest absolute Gasteiger partial charge is 0.223 e. The number of rotatable bonds is 7. The van der Waals surface area contributed by atoms with Crippen molar-refractivity contribution in [3.8, 4) is 57.3 Å². The van der Waals surface area contributed by atoms with E-state index in [0.29, 0.717) is 39.0 Å². The molecule has 296 valence electrons. The number of thiazole rings is 2. The van der Waals surface area contributed by atoms with Crippen LogP contribution in [0.4, 0.5) is 10.3 Å². The van der Waals surface area contributed by atoms with Crippen LogP contribution in [0.15, 0.2) is 97.6 Å². The van der Waals surface area contributed by atoms with E-state index in [1.807, 2.05) is 60.7 Å². The minimum Gasteiger partial charge on any atom is -0.487 e. The topological polar surface area (TPSA) is 169 Å². The van der Waals surface area contributed by atoms with Crippen LogP contribution in [-0.4, -0.2) is 47.0 Å². The summed E-state index contributed by atoms with van der Waals surface area (Å²) >= 11 is 2.82.